The molecule has 29 heavy (non-hydrogen) atoms. The van der Waals surface area contributed by atoms with Gasteiger partial charge in [0.2, 0.25) is 0 Å². The number of hydrogen-bond donors (Lipinski definition) is 0. The van der Waals surface area contributed by atoms with Gasteiger partial charge in [-0.2, -0.15) is 17.2 Å². The van der Waals surface area contributed by atoms with Crippen LogP contribution >= 0.6 is 0 Å². The zero-order chi connectivity index (χ0) is 18.9. The van der Waals surface area contributed by atoms with Crippen LogP contribution in [0.3, 0.4) is 0 Å². The molecule has 0 heterocycles. The average molecular weight is 686 g/mol. The largest absolute Gasteiger partial charge is 4.00 e. The van der Waals surface area contributed by atoms with Gasteiger partial charge in [0.1, 0.15) is 0 Å². The van der Waals surface area contributed by atoms with Gasteiger partial charge < -0.3 is 48.0 Å². The van der Waals surface area contributed by atoms with Crippen LogP contribution in [0.1, 0.15) is 40.2 Å². The first-order valence-electron chi connectivity index (χ1n) is 9.31. The second kappa shape index (κ2) is 12.0. The van der Waals surface area contributed by atoms with Gasteiger partial charge >= 0.3 is 26.2 Å². The van der Waals surface area contributed by atoms with Crippen molar-refractivity contribution in [2.45, 2.75) is 41.5 Å². The van der Waals surface area contributed by atoms with Gasteiger partial charge in [-0.15, -0.1) is 41.5 Å². The summed E-state index contributed by atoms with van der Waals surface area (Å²) in [5.41, 5.74) is 8.34. The van der Waals surface area contributed by atoms with Gasteiger partial charge in [0.05, 0.1) is 0 Å². The normalized spacial score (nSPS) is 14.1. The monoisotopic (exact) mass is 684 g/mol. The number of aryl methyl sites for hydroxylation is 1. The van der Waals surface area contributed by atoms with Crippen molar-refractivity contribution in [2.75, 3.05) is 0 Å². The molecule has 1 aliphatic rings. The van der Waals surface area contributed by atoms with Crippen molar-refractivity contribution < 1.29 is 74.2 Å². The van der Waals surface area contributed by atoms with Gasteiger partial charge in [-0.05, 0) is 5.56 Å². The van der Waals surface area contributed by atoms with Crippen LogP contribution in [0.4, 0.5) is 0 Å². The van der Waals surface area contributed by atoms with E-state index in [0.717, 1.165) is 0 Å². The van der Waals surface area contributed by atoms with Crippen LogP contribution < -0.4 is 48.0 Å². The molecule has 0 fully saturated rings. The number of fused-ring (bicyclic) bond motifs is 1. The summed E-state index contributed by atoms with van der Waals surface area (Å²) >= 11 is 0. The standard InChI is InChI=1S/C16H13.C10H15.2HI.Zr/c1-12-10-14-8-5-9-15(16(14)11-12)13-6-3-2-4-7-13;1-7-6-10(4,5)9(3)8(7)2;;;/h2-11H,1H3;1-5H3;2*1H;/q2*-1;;;+4/p-2. The molecule has 0 N–H and O–H groups in total. The van der Waals surface area contributed by atoms with Gasteiger partial charge in [-0.25, -0.2) is 5.57 Å². The minimum absolute atomic E-state index is 0. The summed E-state index contributed by atoms with van der Waals surface area (Å²) in [5, 5.41) is 2.69. The predicted octanol–water partition coefficient (Wildman–Crippen LogP) is 1.65. The zero-order valence-corrected chi connectivity index (χ0v) is 24.8. The van der Waals surface area contributed by atoms with E-state index < -0.39 is 0 Å². The molecule has 3 heteroatoms. The molecule has 0 bridgehead atoms. The molecule has 0 spiro atoms. The second-order valence-corrected chi connectivity index (χ2v) is 7.83. The Bertz CT molecular complexity index is 992. The molecule has 0 saturated heterocycles. The van der Waals surface area contributed by atoms with Gasteiger partial charge in [0.15, 0.2) is 0 Å². The molecule has 4 rings (SSSR count). The molecule has 0 unspecified atom stereocenters. The van der Waals surface area contributed by atoms with Crippen molar-refractivity contribution in [2.24, 2.45) is 5.41 Å². The molecular formula is C26H28I2Zr. The molecule has 3 aromatic carbocycles. The Hall–Kier alpha value is -0.127. The van der Waals surface area contributed by atoms with Crippen LogP contribution in [0.2, 0.25) is 0 Å². The summed E-state index contributed by atoms with van der Waals surface area (Å²) in [6.07, 6.45) is 3.44. The predicted molar refractivity (Wildman–Crippen MR) is 114 cm³/mol. The first-order chi connectivity index (χ1) is 12.3. The van der Waals surface area contributed by atoms with Crippen molar-refractivity contribution in [1.82, 2.24) is 0 Å². The first kappa shape index (κ1) is 28.9. The summed E-state index contributed by atoms with van der Waals surface area (Å²) < 4.78 is 0. The topological polar surface area (TPSA) is 0 Å². The Morgan fingerprint density at radius 2 is 1.45 bits per heavy atom. The van der Waals surface area contributed by atoms with Gasteiger partial charge in [-0.3, -0.25) is 6.08 Å². The Balaban J connectivity index is 0.000000535. The fourth-order valence-electron chi connectivity index (χ4n) is 3.66. The van der Waals surface area contributed by atoms with E-state index in [0.29, 0.717) is 0 Å². The summed E-state index contributed by atoms with van der Waals surface area (Å²) in [6.45, 7) is 13.1. The molecule has 0 aliphatic heterocycles. The molecule has 0 amide bonds. The van der Waals surface area contributed by atoms with Crippen molar-refractivity contribution in [3.05, 3.63) is 89.0 Å². The van der Waals surface area contributed by atoms with E-state index in [4.69, 9.17) is 0 Å². The smallest absolute Gasteiger partial charge is 1.00 e. The Labute approximate surface area is 229 Å². The minimum Gasteiger partial charge on any atom is -1.00 e. The maximum Gasteiger partial charge on any atom is 4.00 e. The van der Waals surface area contributed by atoms with Crippen LogP contribution in [0.15, 0.2) is 77.4 Å². The fourth-order valence-corrected chi connectivity index (χ4v) is 3.66. The maximum atomic E-state index is 3.44. The van der Waals surface area contributed by atoms with Crippen molar-refractivity contribution in [3.8, 4) is 11.1 Å². The van der Waals surface area contributed by atoms with Gasteiger partial charge in [0.25, 0.3) is 0 Å². The molecule has 1 aliphatic carbocycles. The molecule has 3 aromatic rings. The first-order valence-corrected chi connectivity index (χ1v) is 9.31. The molecule has 150 valence electrons. The number of halogens is 2. The van der Waals surface area contributed by atoms with Crippen LogP contribution in [-0.4, -0.2) is 0 Å². The molecule has 0 nitrogen and oxygen atoms in total. The minimum atomic E-state index is 0. The Morgan fingerprint density at radius 3 is 1.93 bits per heavy atom. The van der Waals surface area contributed by atoms with Crippen LogP contribution in [0, 0.1) is 18.4 Å². The van der Waals surface area contributed by atoms with Gasteiger partial charge in [-0.1, -0.05) is 82.0 Å². The molecule has 0 saturated carbocycles. The number of allylic oxidation sites excluding steroid dienone is 4. The van der Waals surface area contributed by atoms with Crippen LogP contribution in [-0.2, 0) is 26.2 Å². The zero-order valence-electron chi connectivity index (χ0n) is 18.0. The van der Waals surface area contributed by atoms with E-state index in [1.165, 1.54) is 44.2 Å². The summed E-state index contributed by atoms with van der Waals surface area (Å²) in [7, 11) is 0. The third-order valence-corrected chi connectivity index (χ3v) is 5.54. The third kappa shape index (κ3) is 6.67. The van der Waals surface area contributed by atoms with E-state index in [1.54, 1.807) is 0 Å². The van der Waals surface area contributed by atoms with E-state index in [-0.39, 0.29) is 79.6 Å². The maximum absolute atomic E-state index is 3.44. The van der Waals surface area contributed by atoms with Crippen LogP contribution in [0.25, 0.3) is 21.9 Å². The van der Waals surface area contributed by atoms with E-state index in [9.17, 15) is 0 Å². The second-order valence-electron chi connectivity index (χ2n) is 7.83. The quantitative estimate of drug-likeness (QED) is 0.271. The molecule has 0 atom stereocenters. The Morgan fingerprint density at radius 1 is 0.828 bits per heavy atom. The molecule has 0 radical (unpaired) electrons. The summed E-state index contributed by atoms with van der Waals surface area (Å²) in [4.78, 5) is 0. The summed E-state index contributed by atoms with van der Waals surface area (Å²) in [5.74, 6) is 0. The SMILES string of the molecule is CC1=[C-]C(C)(C)C(C)=C1C.Cc1cc2c(-c3ccccc3)cccc2[cH-]1.[I-].[I-].[Zr+4]. The van der Waals surface area contributed by atoms with Crippen molar-refractivity contribution in [1.29, 1.82) is 0 Å². The third-order valence-electron chi connectivity index (χ3n) is 5.54. The van der Waals surface area contributed by atoms with E-state index in [2.05, 4.69) is 108 Å². The number of benzene rings is 2. The van der Waals surface area contributed by atoms with Crippen molar-refractivity contribution >= 4 is 10.8 Å². The Kier molecular flexibility index (Phi) is 12.0. The van der Waals surface area contributed by atoms with Gasteiger partial charge in [0, 0.05) is 0 Å². The molecule has 0 aromatic heterocycles. The number of hydrogen-bond acceptors (Lipinski definition) is 0. The molecular weight excluding hydrogens is 657 g/mol. The van der Waals surface area contributed by atoms with E-state index >= 15 is 0 Å². The van der Waals surface area contributed by atoms with E-state index in [1.807, 2.05) is 0 Å². The van der Waals surface area contributed by atoms with Crippen molar-refractivity contribution in [3.63, 3.8) is 0 Å². The summed E-state index contributed by atoms with van der Waals surface area (Å²) in [6, 6.07) is 21.6. The fraction of sp³-hybridized carbons (Fsp3) is 0.269. The average Bonchev–Trinajstić information content (AvgIpc) is 3.08. The number of rotatable bonds is 1. The van der Waals surface area contributed by atoms with Crippen LogP contribution in [0.5, 0.6) is 0 Å².